The number of guanidine groups is 1. The van der Waals surface area contributed by atoms with E-state index in [1.807, 2.05) is 13.0 Å². The van der Waals surface area contributed by atoms with Gasteiger partial charge in [-0.25, -0.2) is 0 Å². The van der Waals surface area contributed by atoms with Crippen molar-refractivity contribution in [2.24, 2.45) is 10.7 Å². The minimum Gasteiger partial charge on any atom is -0.388 e. The second-order valence-electron chi connectivity index (χ2n) is 6.02. The molecular formula is C16H24Cl2IN3O. The first-order chi connectivity index (χ1) is 10.4. The summed E-state index contributed by atoms with van der Waals surface area (Å²) in [4.78, 5) is 4.30. The van der Waals surface area contributed by atoms with Crippen molar-refractivity contribution >= 4 is 53.1 Å². The van der Waals surface area contributed by atoms with Crippen LogP contribution < -0.4 is 11.1 Å². The Morgan fingerprint density at radius 2 is 2.00 bits per heavy atom. The molecule has 0 aliphatic heterocycles. The molecule has 1 aromatic rings. The van der Waals surface area contributed by atoms with Gasteiger partial charge in [0.15, 0.2) is 5.96 Å². The molecule has 1 fully saturated rings. The van der Waals surface area contributed by atoms with Crippen molar-refractivity contribution in [3.05, 3.63) is 33.8 Å². The van der Waals surface area contributed by atoms with Crippen LogP contribution in [0.4, 0.5) is 0 Å². The van der Waals surface area contributed by atoms with Gasteiger partial charge >= 0.3 is 0 Å². The van der Waals surface area contributed by atoms with E-state index in [1.54, 1.807) is 12.1 Å². The predicted octanol–water partition coefficient (Wildman–Crippen LogP) is 4.27. The van der Waals surface area contributed by atoms with E-state index in [1.165, 1.54) is 6.42 Å². The zero-order chi connectivity index (χ0) is 16.2. The Morgan fingerprint density at radius 3 is 2.61 bits per heavy atom. The van der Waals surface area contributed by atoms with Gasteiger partial charge in [-0.1, -0.05) is 48.5 Å². The number of halogens is 3. The van der Waals surface area contributed by atoms with E-state index in [-0.39, 0.29) is 30.0 Å². The molecule has 0 aromatic heterocycles. The van der Waals surface area contributed by atoms with Crippen LogP contribution in [0.5, 0.6) is 0 Å². The number of rotatable bonds is 4. The topological polar surface area (TPSA) is 70.6 Å². The Labute approximate surface area is 164 Å². The third-order valence-corrected chi connectivity index (χ3v) is 4.68. The summed E-state index contributed by atoms with van der Waals surface area (Å²) in [7, 11) is 0. The van der Waals surface area contributed by atoms with Crippen LogP contribution in [0.2, 0.25) is 10.0 Å². The highest BCUT2D eigenvalue weighted by Gasteiger charge is 2.28. The number of nitrogens with one attached hydrogen (secondary N) is 1. The van der Waals surface area contributed by atoms with Crippen molar-refractivity contribution in [1.29, 1.82) is 0 Å². The lowest BCUT2D eigenvalue weighted by Crippen LogP contribution is -2.39. The fourth-order valence-electron chi connectivity index (χ4n) is 2.80. The van der Waals surface area contributed by atoms with E-state index in [0.717, 1.165) is 31.2 Å². The predicted molar refractivity (Wildman–Crippen MR) is 108 cm³/mol. The third-order valence-electron chi connectivity index (χ3n) is 4.12. The summed E-state index contributed by atoms with van der Waals surface area (Å²) < 4.78 is 0. The third kappa shape index (κ3) is 6.29. The molecule has 1 saturated carbocycles. The maximum Gasteiger partial charge on any atom is 0.189 e. The van der Waals surface area contributed by atoms with Crippen LogP contribution in [0.3, 0.4) is 0 Å². The van der Waals surface area contributed by atoms with Crippen LogP contribution in [-0.2, 0) is 0 Å². The van der Waals surface area contributed by atoms with Gasteiger partial charge in [-0.15, -0.1) is 24.0 Å². The summed E-state index contributed by atoms with van der Waals surface area (Å²) >= 11 is 12.1. The summed E-state index contributed by atoms with van der Waals surface area (Å²) in [6.45, 7) is 2.29. The molecule has 130 valence electrons. The summed E-state index contributed by atoms with van der Waals surface area (Å²) in [5.74, 6) is 0.317. The molecular weight excluding hydrogens is 448 g/mol. The zero-order valence-corrected chi connectivity index (χ0v) is 17.0. The number of hydrogen-bond acceptors (Lipinski definition) is 2. The number of hydrogen-bond donors (Lipinski definition) is 3. The number of aliphatic imine (C=N–C) groups is 1. The summed E-state index contributed by atoms with van der Waals surface area (Å²) in [5.41, 5.74) is 6.13. The first kappa shape index (κ1) is 20.8. The molecule has 1 aromatic carbocycles. The number of benzene rings is 1. The van der Waals surface area contributed by atoms with Gasteiger partial charge in [0.2, 0.25) is 0 Å². The van der Waals surface area contributed by atoms with Gasteiger partial charge in [-0.3, -0.25) is 4.99 Å². The van der Waals surface area contributed by atoms with E-state index in [0.29, 0.717) is 22.5 Å². The van der Waals surface area contributed by atoms with Gasteiger partial charge in [-0.2, -0.15) is 0 Å². The second-order valence-corrected chi connectivity index (χ2v) is 6.86. The maximum atomic E-state index is 10.4. The monoisotopic (exact) mass is 471 g/mol. The highest BCUT2D eigenvalue weighted by Crippen LogP contribution is 2.28. The Hall–Kier alpha value is -0.240. The van der Waals surface area contributed by atoms with Crippen molar-refractivity contribution in [3.63, 3.8) is 0 Å². The van der Waals surface area contributed by atoms with Crippen LogP contribution in [-0.4, -0.2) is 23.2 Å². The van der Waals surface area contributed by atoms with Crippen molar-refractivity contribution in [1.82, 2.24) is 5.32 Å². The average molecular weight is 472 g/mol. The Balaban J connectivity index is 0.00000264. The molecule has 4 nitrogen and oxygen atoms in total. The van der Waals surface area contributed by atoms with E-state index < -0.39 is 5.60 Å². The lowest BCUT2D eigenvalue weighted by Gasteiger charge is -2.30. The Bertz CT molecular complexity index is 548. The van der Waals surface area contributed by atoms with Gasteiger partial charge in [0.25, 0.3) is 0 Å². The van der Waals surface area contributed by atoms with Crippen LogP contribution in [0.1, 0.15) is 50.6 Å². The van der Waals surface area contributed by atoms with E-state index in [2.05, 4.69) is 10.3 Å². The highest BCUT2D eigenvalue weighted by atomic mass is 127. The van der Waals surface area contributed by atoms with Gasteiger partial charge < -0.3 is 16.2 Å². The number of nitrogens with zero attached hydrogens (tertiary/aromatic N) is 1. The van der Waals surface area contributed by atoms with Gasteiger partial charge in [-0.05, 0) is 37.5 Å². The van der Waals surface area contributed by atoms with Crippen LogP contribution in [0.25, 0.3) is 0 Å². The summed E-state index contributed by atoms with van der Waals surface area (Å²) in [5, 5.41) is 14.7. The van der Waals surface area contributed by atoms with Gasteiger partial charge in [0.1, 0.15) is 0 Å². The molecule has 7 heteroatoms. The smallest absolute Gasteiger partial charge is 0.189 e. The molecule has 0 radical (unpaired) electrons. The molecule has 23 heavy (non-hydrogen) atoms. The normalized spacial score (nSPS) is 18.9. The van der Waals surface area contributed by atoms with Crippen LogP contribution in [0.15, 0.2) is 23.2 Å². The van der Waals surface area contributed by atoms with E-state index in [4.69, 9.17) is 28.9 Å². The number of aliphatic hydroxyl groups is 1. The maximum absolute atomic E-state index is 10.4. The number of nitrogens with two attached hydrogens (primary N) is 1. The second kappa shape index (κ2) is 9.30. The van der Waals surface area contributed by atoms with Crippen LogP contribution in [0, 0.1) is 0 Å². The molecule has 0 heterocycles. The minimum atomic E-state index is -0.703. The van der Waals surface area contributed by atoms with E-state index >= 15 is 0 Å². The van der Waals surface area contributed by atoms with E-state index in [9.17, 15) is 5.11 Å². The molecule has 1 aliphatic carbocycles. The van der Waals surface area contributed by atoms with Crippen molar-refractivity contribution < 1.29 is 5.11 Å². The zero-order valence-electron chi connectivity index (χ0n) is 13.2. The molecule has 0 bridgehead atoms. The first-order valence-corrected chi connectivity index (χ1v) is 8.39. The standard InChI is InChI=1S/C16H23Cl2N3O.HI/c1-11(13-6-5-12(17)9-14(13)18)21-15(19)20-10-16(22)7-3-2-4-8-16;/h5-6,9,11,22H,2-4,7-8,10H2,1H3,(H3,19,20,21);1H. The largest absolute Gasteiger partial charge is 0.388 e. The molecule has 0 spiro atoms. The lowest BCUT2D eigenvalue weighted by atomic mass is 9.85. The fourth-order valence-corrected chi connectivity index (χ4v) is 3.37. The van der Waals surface area contributed by atoms with Gasteiger partial charge in [0.05, 0.1) is 18.2 Å². The van der Waals surface area contributed by atoms with Crippen molar-refractivity contribution in [2.45, 2.75) is 50.7 Å². The highest BCUT2D eigenvalue weighted by molar-refractivity contribution is 14.0. The van der Waals surface area contributed by atoms with Crippen molar-refractivity contribution in [3.8, 4) is 0 Å². The van der Waals surface area contributed by atoms with Gasteiger partial charge in [0, 0.05) is 10.0 Å². The molecule has 0 saturated heterocycles. The molecule has 4 N–H and O–H groups in total. The molecule has 1 aliphatic rings. The molecule has 0 amide bonds. The minimum absolute atomic E-state index is 0. The summed E-state index contributed by atoms with van der Waals surface area (Å²) in [6, 6.07) is 5.27. The Morgan fingerprint density at radius 1 is 1.35 bits per heavy atom. The molecule has 2 rings (SSSR count). The fraction of sp³-hybridized carbons (Fsp3) is 0.562. The summed E-state index contributed by atoms with van der Waals surface area (Å²) in [6.07, 6.45) is 4.88. The Kier molecular flexibility index (Phi) is 8.41. The SMILES string of the molecule is CC(NC(N)=NCC1(O)CCCCC1)c1ccc(Cl)cc1Cl.I. The molecule has 1 unspecified atom stereocenters. The first-order valence-electron chi connectivity index (χ1n) is 7.63. The quantitative estimate of drug-likeness (QED) is 0.349. The molecule has 1 atom stereocenters. The lowest BCUT2D eigenvalue weighted by molar-refractivity contribution is 0.0132. The van der Waals surface area contributed by atoms with Crippen LogP contribution >= 0.6 is 47.2 Å². The van der Waals surface area contributed by atoms with Crippen molar-refractivity contribution in [2.75, 3.05) is 6.54 Å². The average Bonchev–Trinajstić information content (AvgIpc) is 2.46.